The number of amides is 1. The van der Waals surface area contributed by atoms with Crippen LogP contribution in [-0.2, 0) is 11.3 Å². The Balaban J connectivity index is 1.71. The molecule has 4 nitrogen and oxygen atoms in total. The van der Waals surface area contributed by atoms with Gasteiger partial charge in [0.15, 0.2) is 0 Å². The molecule has 7 heteroatoms. The maximum Gasteiger partial charge on any atom is 0.263 e. The van der Waals surface area contributed by atoms with E-state index in [4.69, 9.17) is 0 Å². The van der Waals surface area contributed by atoms with Gasteiger partial charge in [0.25, 0.3) is 6.43 Å². The fourth-order valence-corrected chi connectivity index (χ4v) is 3.00. The van der Waals surface area contributed by atoms with E-state index in [9.17, 15) is 18.0 Å². The number of carbonyl (C=O) groups excluding carboxylic acids is 1. The first kappa shape index (κ1) is 17.4. The molecule has 1 unspecified atom stereocenters. The summed E-state index contributed by atoms with van der Waals surface area (Å²) in [5.41, 5.74) is 0.300. The van der Waals surface area contributed by atoms with Crippen LogP contribution < -0.4 is 5.32 Å². The van der Waals surface area contributed by atoms with Gasteiger partial charge in [-0.15, -0.1) is 0 Å². The van der Waals surface area contributed by atoms with Crippen molar-refractivity contribution >= 4 is 11.6 Å². The summed E-state index contributed by atoms with van der Waals surface area (Å²) in [6.07, 6.45) is 0.439. The molecular weight excluding hydrogens is 331 g/mol. The molecule has 2 heterocycles. The molecule has 0 saturated carbocycles. The van der Waals surface area contributed by atoms with E-state index in [0.717, 1.165) is 36.9 Å². The number of alkyl halides is 2. The van der Waals surface area contributed by atoms with Gasteiger partial charge in [-0.2, -0.15) is 0 Å². The first-order valence-electron chi connectivity index (χ1n) is 8.07. The molecule has 0 radical (unpaired) electrons. The minimum atomic E-state index is -2.72. The first-order valence-corrected chi connectivity index (χ1v) is 8.07. The van der Waals surface area contributed by atoms with Crippen molar-refractivity contribution in [1.82, 2.24) is 9.88 Å². The van der Waals surface area contributed by atoms with E-state index in [1.807, 2.05) is 23.1 Å². The van der Waals surface area contributed by atoms with Gasteiger partial charge in [-0.05, 0) is 43.7 Å². The standard InChI is InChI=1S/C18H18F3N3O/c19-14-7-6-12(17(20)21)10-15(14)23-18(25)16-5-3-9-24(16)11-13-4-1-2-8-22-13/h1-2,4,6-8,10,16-17H,3,5,9,11H2,(H,23,25). The van der Waals surface area contributed by atoms with Crippen molar-refractivity contribution in [2.75, 3.05) is 11.9 Å². The summed E-state index contributed by atoms with van der Waals surface area (Å²) >= 11 is 0. The Morgan fingerprint density at radius 1 is 1.32 bits per heavy atom. The Hall–Kier alpha value is -2.41. The maximum absolute atomic E-state index is 13.8. The SMILES string of the molecule is O=C(Nc1cc(C(F)F)ccc1F)C1CCCN1Cc1ccccn1. The summed E-state index contributed by atoms with van der Waals surface area (Å²) < 4.78 is 39.4. The second-order valence-corrected chi connectivity index (χ2v) is 5.98. The Labute approximate surface area is 143 Å². The third-order valence-corrected chi connectivity index (χ3v) is 4.26. The van der Waals surface area contributed by atoms with Crippen LogP contribution in [0.2, 0.25) is 0 Å². The maximum atomic E-state index is 13.8. The van der Waals surface area contributed by atoms with E-state index in [1.54, 1.807) is 6.20 Å². The average Bonchev–Trinajstić information content (AvgIpc) is 3.05. The quantitative estimate of drug-likeness (QED) is 0.894. The molecule has 3 rings (SSSR count). The average molecular weight is 349 g/mol. The van der Waals surface area contributed by atoms with Crippen LogP contribution in [0.15, 0.2) is 42.6 Å². The summed E-state index contributed by atoms with van der Waals surface area (Å²) in [5.74, 6) is -1.12. The van der Waals surface area contributed by atoms with Crippen LogP contribution in [0.4, 0.5) is 18.9 Å². The minimum Gasteiger partial charge on any atom is -0.322 e. The van der Waals surface area contributed by atoms with E-state index in [0.29, 0.717) is 13.0 Å². The van der Waals surface area contributed by atoms with Gasteiger partial charge >= 0.3 is 0 Å². The van der Waals surface area contributed by atoms with Gasteiger partial charge in [-0.3, -0.25) is 14.7 Å². The Kier molecular flexibility index (Phi) is 5.33. The van der Waals surface area contributed by atoms with Crippen molar-refractivity contribution in [1.29, 1.82) is 0 Å². The van der Waals surface area contributed by atoms with Crippen molar-refractivity contribution in [3.05, 3.63) is 59.7 Å². The molecule has 25 heavy (non-hydrogen) atoms. The molecular formula is C18H18F3N3O. The number of nitrogens with one attached hydrogen (secondary N) is 1. The number of likely N-dealkylation sites (tertiary alicyclic amines) is 1. The lowest BCUT2D eigenvalue weighted by Crippen LogP contribution is -2.39. The highest BCUT2D eigenvalue weighted by Gasteiger charge is 2.31. The van der Waals surface area contributed by atoms with Crippen LogP contribution in [0.25, 0.3) is 0 Å². The first-order chi connectivity index (χ1) is 12.0. The van der Waals surface area contributed by atoms with Gasteiger partial charge in [-0.1, -0.05) is 12.1 Å². The van der Waals surface area contributed by atoms with E-state index >= 15 is 0 Å². The van der Waals surface area contributed by atoms with Gasteiger partial charge in [0.2, 0.25) is 5.91 Å². The number of anilines is 1. The monoisotopic (exact) mass is 349 g/mol. The predicted octanol–water partition coefficient (Wildman–Crippen LogP) is 3.76. The van der Waals surface area contributed by atoms with Crippen LogP contribution in [0.3, 0.4) is 0 Å². The molecule has 1 aromatic carbocycles. The third kappa shape index (κ3) is 4.17. The van der Waals surface area contributed by atoms with Crippen LogP contribution in [0.5, 0.6) is 0 Å². The molecule has 1 amide bonds. The number of aromatic nitrogens is 1. The van der Waals surface area contributed by atoms with Gasteiger partial charge < -0.3 is 5.32 Å². The van der Waals surface area contributed by atoms with Gasteiger partial charge in [0.1, 0.15) is 5.82 Å². The molecule has 1 atom stereocenters. The summed E-state index contributed by atoms with van der Waals surface area (Å²) in [5, 5.41) is 2.45. The second-order valence-electron chi connectivity index (χ2n) is 5.98. The topological polar surface area (TPSA) is 45.2 Å². The zero-order valence-corrected chi connectivity index (χ0v) is 13.5. The Morgan fingerprint density at radius 2 is 2.16 bits per heavy atom. The predicted molar refractivity (Wildman–Crippen MR) is 87.7 cm³/mol. The second kappa shape index (κ2) is 7.65. The summed E-state index contributed by atoms with van der Waals surface area (Å²) in [7, 11) is 0. The van der Waals surface area contributed by atoms with Crippen LogP contribution in [0, 0.1) is 5.82 Å². The van der Waals surface area contributed by atoms with E-state index in [2.05, 4.69) is 10.3 Å². The van der Waals surface area contributed by atoms with Crippen LogP contribution in [0.1, 0.15) is 30.5 Å². The molecule has 0 bridgehead atoms. The molecule has 0 aliphatic carbocycles. The third-order valence-electron chi connectivity index (χ3n) is 4.26. The molecule has 132 valence electrons. The van der Waals surface area contributed by atoms with E-state index in [1.165, 1.54) is 0 Å². The van der Waals surface area contributed by atoms with Crippen molar-refractivity contribution in [3.8, 4) is 0 Å². The number of carbonyl (C=O) groups is 1. The number of nitrogens with zero attached hydrogens (tertiary/aromatic N) is 2. The zero-order valence-electron chi connectivity index (χ0n) is 13.5. The minimum absolute atomic E-state index is 0.215. The van der Waals surface area contributed by atoms with Crippen molar-refractivity contribution in [3.63, 3.8) is 0 Å². The number of pyridine rings is 1. The van der Waals surface area contributed by atoms with Crippen molar-refractivity contribution < 1.29 is 18.0 Å². The van der Waals surface area contributed by atoms with Crippen LogP contribution in [-0.4, -0.2) is 28.4 Å². The molecule has 2 aromatic rings. The summed E-state index contributed by atoms with van der Waals surface area (Å²) in [6.45, 7) is 1.24. The largest absolute Gasteiger partial charge is 0.322 e. The Bertz CT molecular complexity index is 740. The lowest BCUT2D eigenvalue weighted by Gasteiger charge is -2.23. The molecule has 1 saturated heterocycles. The van der Waals surface area contributed by atoms with Gasteiger partial charge in [-0.25, -0.2) is 13.2 Å². The number of rotatable bonds is 5. The fourth-order valence-electron chi connectivity index (χ4n) is 3.00. The van der Waals surface area contributed by atoms with Crippen molar-refractivity contribution in [2.45, 2.75) is 31.9 Å². The van der Waals surface area contributed by atoms with Crippen molar-refractivity contribution in [2.24, 2.45) is 0 Å². The summed E-state index contributed by atoms with van der Waals surface area (Å²) in [6, 6.07) is 8.07. The van der Waals surface area contributed by atoms with Crippen LogP contribution >= 0.6 is 0 Å². The zero-order chi connectivity index (χ0) is 17.8. The highest BCUT2D eigenvalue weighted by Crippen LogP contribution is 2.26. The lowest BCUT2D eigenvalue weighted by molar-refractivity contribution is -0.120. The highest BCUT2D eigenvalue weighted by atomic mass is 19.3. The molecule has 1 aliphatic rings. The molecule has 1 fully saturated rings. The normalized spacial score (nSPS) is 17.8. The molecule has 1 aliphatic heterocycles. The van der Waals surface area contributed by atoms with E-state index < -0.39 is 24.2 Å². The molecule has 1 N–H and O–H groups in total. The number of halogens is 3. The smallest absolute Gasteiger partial charge is 0.263 e. The van der Waals surface area contributed by atoms with Gasteiger partial charge in [0, 0.05) is 18.3 Å². The number of hydrogen-bond donors (Lipinski definition) is 1. The van der Waals surface area contributed by atoms with E-state index in [-0.39, 0.29) is 11.3 Å². The molecule has 1 aromatic heterocycles. The Morgan fingerprint density at radius 3 is 2.88 bits per heavy atom. The lowest BCUT2D eigenvalue weighted by atomic mass is 10.1. The highest BCUT2D eigenvalue weighted by molar-refractivity contribution is 5.95. The number of hydrogen-bond acceptors (Lipinski definition) is 3. The fraction of sp³-hybridized carbons (Fsp3) is 0.333. The van der Waals surface area contributed by atoms with Gasteiger partial charge in [0.05, 0.1) is 17.4 Å². The summed E-state index contributed by atoms with van der Waals surface area (Å²) in [4.78, 5) is 18.7. The molecule has 0 spiro atoms. The number of benzene rings is 1.